The van der Waals surface area contributed by atoms with Gasteiger partial charge >= 0.3 is 0 Å². The molecule has 0 bridgehead atoms. The molecule has 8 aliphatic rings. The predicted octanol–water partition coefficient (Wildman–Crippen LogP) is 5.12. The van der Waals surface area contributed by atoms with Gasteiger partial charge in [-0.2, -0.15) is 0 Å². The quantitative estimate of drug-likeness (QED) is 0.398. The van der Waals surface area contributed by atoms with Gasteiger partial charge in [-0.1, -0.05) is 34.6 Å². The predicted molar refractivity (Wildman–Crippen MR) is 171 cm³/mol. The minimum Gasteiger partial charge on any atom is -0.390 e. The van der Waals surface area contributed by atoms with E-state index in [1.807, 2.05) is 4.90 Å². The molecule has 6 aliphatic carbocycles. The van der Waals surface area contributed by atoms with Gasteiger partial charge in [-0.3, -0.25) is 9.59 Å². The third-order valence-electron chi connectivity index (χ3n) is 16.3. The van der Waals surface area contributed by atoms with E-state index in [1.54, 1.807) is 0 Å². The Hall–Kier alpha value is -1.06. The number of aliphatic hydroxyl groups is 2. The highest BCUT2D eigenvalue weighted by molar-refractivity contribution is 5.79. The summed E-state index contributed by atoms with van der Waals surface area (Å²) in [5.74, 6) is 2.36. The van der Waals surface area contributed by atoms with Gasteiger partial charge in [0.15, 0.2) is 12.1 Å². The maximum atomic E-state index is 12.9. The van der Waals surface area contributed by atoms with E-state index in [-0.39, 0.29) is 70.3 Å². The standard InChI is InChI=1S/C38H59NO7/c1-22-16-25(18-24(41)20-40)45-32-31(22)35(4)12-13-38-21-37(38)11-10-28(34(2,3)26(37)8-9-27(38)36(35,5)33(32)43)46-30-19-39(14-15-44-30)29(42)17-23-6-7-23/h22-23,25-28,30-33,40,43H,6-21H2,1-5H3/t22-,25?,26+,27?,28?,30+,31+,32?,33+,35-,36-,37-,38+/m1/s1. The van der Waals surface area contributed by atoms with Crippen molar-refractivity contribution in [3.8, 4) is 0 Å². The molecule has 258 valence electrons. The number of nitrogens with zero attached hydrogens (tertiary/aromatic N) is 1. The first-order valence-corrected chi connectivity index (χ1v) is 18.8. The van der Waals surface area contributed by atoms with Crippen molar-refractivity contribution in [2.75, 3.05) is 26.3 Å². The molecule has 8 fully saturated rings. The molecule has 4 unspecified atom stereocenters. The Morgan fingerprint density at radius 2 is 1.70 bits per heavy atom. The third kappa shape index (κ3) is 4.34. The van der Waals surface area contributed by atoms with Crippen LogP contribution in [0.25, 0.3) is 0 Å². The number of fused-ring (bicyclic) bond motifs is 4. The van der Waals surface area contributed by atoms with Gasteiger partial charge in [0.1, 0.15) is 6.61 Å². The van der Waals surface area contributed by atoms with E-state index in [1.165, 1.54) is 32.1 Å². The highest BCUT2D eigenvalue weighted by Gasteiger charge is 2.84. The number of amides is 1. The maximum Gasteiger partial charge on any atom is 0.223 e. The summed E-state index contributed by atoms with van der Waals surface area (Å²) in [5, 5.41) is 21.7. The number of ketones is 1. The molecule has 2 saturated heterocycles. The zero-order valence-electron chi connectivity index (χ0n) is 29.0. The summed E-state index contributed by atoms with van der Waals surface area (Å²) in [5.41, 5.74) is 0.336. The van der Waals surface area contributed by atoms with Gasteiger partial charge in [0.2, 0.25) is 5.91 Å². The fourth-order valence-electron chi connectivity index (χ4n) is 13.9. The number of carbonyl (C=O) groups excluding carboxylic acids is 2. The van der Waals surface area contributed by atoms with E-state index in [2.05, 4.69) is 34.6 Å². The number of hydrogen-bond donors (Lipinski definition) is 2. The minimum atomic E-state index is -0.546. The van der Waals surface area contributed by atoms with Gasteiger partial charge in [0, 0.05) is 24.8 Å². The van der Waals surface area contributed by atoms with E-state index in [9.17, 15) is 19.8 Å². The van der Waals surface area contributed by atoms with E-state index in [0.29, 0.717) is 55.2 Å². The summed E-state index contributed by atoms with van der Waals surface area (Å²) in [7, 11) is 0. The lowest BCUT2D eigenvalue weighted by Gasteiger charge is -2.64. The van der Waals surface area contributed by atoms with Crippen LogP contribution in [0.5, 0.6) is 0 Å². The molecule has 0 aromatic carbocycles. The van der Waals surface area contributed by atoms with Gasteiger partial charge in [0.05, 0.1) is 37.6 Å². The van der Waals surface area contributed by atoms with Crippen LogP contribution in [-0.4, -0.2) is 83.8 Å². The summed E-state index contributed by atoms with van der Waals surface area (Å²) in [4.78, 5) is 27.0. The molecule has 2 spiro atoms. The van der Waals surface area contributed by atoms with E-state index < -0.39 is 12.7 Å². The molecule has 6 saturated carbocycles. The van der Waals surface area contributed by atoms with Gasteiger partial charge in [-0.05, 0) is 115 Å². The Kier molecular flexibility index (Phi) is 7.49. The Morgan fingerprint density at radius 3 is 2.43 bits per heavy atom. The lowest BCUT2D eigenvalue weighted by molar-refractivity contribution is -0.248. The Balaban J connectivity index is 0.999. The Morgan fingerprint density at radius 1 is 0.957 bits per heavy atom. The third-order valence-corrected chi connectivity index (χ3v) is 16.3. The number of carbonyl (C=O) groups is 2. The topological polar surface area (TPSA) is 106 Å². The highest BCUT2D eigenvalue weighted by Crippen LogP contribution is 2.89. The molecule has 8 heteroatoms. The van der Waals surface area contributed by atoms with Gasteiger partial charge < -0.3 is 29.3 Å². The van der Waals surface area contributed by atoms with Crippen molar-refractivity contribution >= 4 is 11.7 Å². The van der Waals surface area contributed by atoms with Crippen LogP contribution in [0, 0.1) is 56.7 Å². The minimum absolute atomic E-state index is 0.00437. The van der Waals surface area contributed by atoms with Gasteiger partial charge in [-0.25, -0.2) is 0 Å². The molecule has 1 amide bonds. The van der Waals surface area contributed by atoms with Crippen LogP contribution in [0.15, 0.2) is 0 Å². The van der Waals surface area contributed by atoms with Crippen LogP contribution in [-0.2, 0) is 23.8 Å². The van der Waals surface area contributed by atoms with Crippen molar-refractivity contribution in [3.63, 3.8) is 0 Å². The van der Waals surface area contributed by atoms with Crippen molar-refractivity contribution in [1.82, 2.24) is 4.90 Å². The summed E-state index contributed by atoms with van der Waals surface area (Å²) >= 11 is 0. The lowest BCUT2D eigenvalue weighted by atomic mass is 9.41. The fourth-order valence-corrected chi connectivity index (χ4v) is 13.9. The molecule has 8 nitrogen and oxygen atoms in total. The Labute approximate surface area is 275 Å². The van der Waals surface area contributed by atoms with Crippen molar-refractivity contribution < 1.29 is 34.0 Å². The summed E-state index contributed by atoms with van der Waals surface area (Å²) in [6.45, 7) is 13.4. The molecule has 2 aliphatic heterocycles. The number of aliphatic hydroxyl groups excluding tert-OH is 2. The van der Waals surface area contributed by atoms with E-state index in [4.69, 9.17) is 14.2 Å². The zero-order valence-corrected chi connectivity index (χ0v) is 29.0. The van der Waals surface area contributed by atoms with Crippen LogP contribution < -0.4 is 0 Å². The number of ether oxygens (including phenoxy) is 3. The van der Waals surface area contributed by atoms with Crippen LogP contribution in [0.2, 0.25) is 0 Å². The maximum absolute atomic E-state index is 12.9. The first kappa shape index (κ1) is 32.2. The van der Waals surface area contributed by atoms with Crippen LogP contribution in [0.1, 0.15) is 112 Å². The Bertz CT molecular complexity index is 1250. The molecule has 2 N–H and O–H groups in total. The van der Waals surface area contributed by atoms with Crippen LogP contribution in [0.3, 0.4) is 0 Å². The monoisotopic (exact) mass is 641 g/mol. The van der Waals surface area contributed by atoms with E-state index in [0.717, 1.165) is 32.1 Å². The SMILES string of the molecule is C[C@@H]1CC(CC(=O)CO)OC2[C@H]1[C@@]1(C)CC[C@@]34C[C@@]35CCC(O[C@H]3CN(C(=O)CC6CC6)CCO3)C(C)(C)[C@@H]5CCC4[C@]1(C)[C@H]2O. The normalized spacial score (nSPS) is 52.1. The van der Waals surface area contributed by atoms with Crippen LogP contribution in [0.4, 0.5) is 0 Å². The second-order valence-electron chi connectivity index (χ2n) is 18.5. The van der Waals surface area contributed by atoms with Gasteiger partial charge in [0.25, 0.3) is 0 Å². The molecule has 0 radical (unpaired) electrons. The molecule has 13 atom stereocenters. The summed E-state index contributed by atoms with van der Waals surface area (Å²) in [6.07, 6.45) is 11.0. The largest absolute Gasteiger partial charge is 0.390 e. The molecular weight excluding hydrogens is 582 g/mol. The second-order valence-corrected chi connectivity index (χ2v) is 18.5. The fraction of sp³-hybridized carbons (Fsp3) is 0.947. The van der Waals surface area contributed by atoms with E-state index >= 15 is 0 Å². The van der Waals surface area contributed by atoms with Crippen LogP contribution >= 0.6 is 0 Å². The average Bonchev–Trinajstić information content (AvgIpc) is 3.94. The smallest absolute Gasteiger partial charge is 0.223 e. The first-order chi connectivity index (χ1) is 21.8. The highest BCUT2D eigenvalue weighted by atomic mass is 16.7. The lowest BCUT2D eigenvalue weighted by Crippen LogP contribution is -2.60. The number of hydrogen-bond acceptors (Lipinski definition) is 7. The van der Waals surface area contributed by atoms with Crippen molar-refractivity contribution in [2.24, 2.45) is 56.7 Å². The number of Topliss-reactive ketones (excluding diaryl/α,β-unsaturated/α-hetero) is 1. The van der Waals surface area contributed by atoms with Crippen molar-refractivity contribution in [3.05, 3.63) is 0 Å². The molecule has 0 aromatic rings. The van der Waals surface area contributed by atoms with Crippen molar-refractivity contribution in [1.29, 1.82) is 0 Å². The first-order valence-electron chi connectivity index (χ1n) is 18.8. The summed E-state index contributed by atoms with van der Waals surface area (Å²) < 4.78 is 19.6. The molecular formula is C38H59NO7. The summed E-state index contributed by atoms with van der Waals surface area (Å²) in [6, 6.07) is 0. The molecule has 2 heterocycles. The molecule has 8 rings (SSSR count). The molecule has 0 aromatic heterocycles. The number of rotatable bonds is 7. The average molecular weight is 642 g/mol. The van der Waals surface area contributed by atoms with Gasteiger partial charge in [-0.15, -0.1) is 0 Å². The van der Waals surface area contributed by atoms with Crippen molar-refractivity contribution in [2.45, 2.75) is 142 Å². The molecule has 46 heavy (non-hydrogen) atoms. The zero-order chi connectivity index (χ0) is 32.4. The second kappa shape index (κ2) is 10.7. The number of morpholine rings is 1.